The van der Waals surface area contributed by atoms with Crippen LogP contribution in [0.3, 0.4) is 0 Å². The smallest absolute Gasteiger partial charge is 0.336 e. The van der Waals surface area contributed by atoms with Gasteiger partial charge in [0.25, 0.3) is 0 Å². The summed E-state index contributed by atoms with van der Waals surface area (Å²) in [4.78, 5) is 12.2. The predicted molar refractivity (Wildman–Crippen MR) is 120 cm³/mol. The van der Waals surface area contributed by atoms with Gasteiger partial charge in [-0.1, -0.05) is 35.9 Å². The molecule has 3 aromatic carbocycles. The molecular weight excluding hydrogens is 416 g/mol. The highest BCUT2D eigenvalue weighted by Gasteiger charge is 2.15. The second-order valence-corrected chi connectivity index (χ2v) is 7.48. The lowest BCUT2D eigenvalue weighted by atomic mass is 10.1. The molecule has 6 heteroatoms. The van der Waals surface area contributed by atoms with E-state index in [0.717, 1.165) is 10.9 Å². The van der Waals surface area contributed by atoms with Crippen molar-refractivity contribution in [1.82, 2.24) is 0 Å². The summed E-state index contributed by atoms with van der Waals surface area (Å²) in [5.41, 5.74) is 2.24. The number of para-hydroxylation sites is 1. The molecular formula is C25H17ClO5. The first-order valence-electron chi connectivity index (χ1n) is 9.63. The van der Waals surface area contributed by atoms with E-state index < -0.39 is 5.63 Å². The van der Waals surface area contributed by atoms with Crippen molar-refractivity contribution < 1.29 is 18.3 Å². The van der Waals surface area contributed by atoms with Gasteiger partial charge in [-0.05, 0) is 48.0 Å². The number of rotatable bonds is 5. The number of halogens is 1. The van der Waals surface area contributed by atoms with E-state index in [-0.39, 0.29) is 0 Å². The van der Waals surface area contributed by atoms with Gasteiger partial charge < -0.3 is 18.3 Å². The molecule has 2 aromatic heterocycles. The van der Waals surface area contributed by atoms with Gasteiger partial charge in [0, 0.05) is 27.4 Å². The molecule has 0 radical (unpaired) electrons. The highest BCUT2D eigenvalue weighted by Crippen LogP contribution is 2.36. The third-order valence-corrected chi connectivity index (χ3v) is 5.28. The average Bonchev–Trinajstić information content (AvgIpc) is 3.22. The molecule has 0 bridgehead atoms. The van der Waals surface area contributed by atoms with Gasteiger partial charge in [-0.3, -0.25) is 0 Å². The van der Waals surface area contributed by atoms with Crippen LogP contribution in [0.4, 0.5) is 0 Å². The highest BCUT2D eigenvalue weighted by molar-refractivity contribution is 6.30. The van der Waals surface area contributed by atoms with Crippen LogP contribution in [0, 0.1) is 0 Å². The van der Waals surface area contributed by atoms with Crippen molar-refractivity contribution in [2.45, 2.75) is 6.61 Å². The molecule has 5 rings (SSSR count). The SMILES string of the molecule is COc1cccc2cc(-c3cc(=O)oc4ccc(OCc5ccc(Cl)cc5)cc34)oc12. The third kappa shape index (κ3) is 3.76. The summed E-state index contributed by atoms with van der Waals surface area (Å²) in [6.45, 7) is 0.386. The molecule has 0 aliphatic carbocycles. The lowest BCUT2D eigenvalue weighted by Crippen LogP contribution is -1.99. The fourth-order valence-corrected chi connectivity index (χ4v) is 3.64. The Balaban J connectivity index is 1.57. The van der Waals surface area contributed by atoms with E-state index in [9.17, 15) is 4.79 Å². The topological polar surface area (TPSA) is 61.8 Å². The fraction of sp³-hybridized carbons (Fsp3) is 0.0800. The minimum absolute atomic E-state index is 0.386. The lowest BCUT2D eigenvalue weighted by Gasteiger charge is -2.09. The van der Waals surface area contributed by atoms with Crippen LogP contribution in [0.25, 0.3) is 33.3 Å². The number of hydrogen-bond donors (Lipinski definition) is 0. The van der Waals surface area contributed by atoms with Crippen LogP contribution >= 0.6 is 11.6 Å². The Labute approximate surface area is 182 Å². The van der Waals surface area contributed by atoms with Gasteiger partial charge in [0.2, 0.25) is 0 Å². The quantitative estimate of drug-likeness (QED) is 0.299. The molecule has 0 aliphatic heterocycles. The Morgan fingerprint density at radius 3 is 2.58 bits per heavy atom. The molecule has 0 amide bonds. The molecule has 0 saturated carbocycles. The van der Waals surface area contributed by atoms with Crippen LogP contribution in [-0.4, -0.2) is 7.11 Å². The van der Waals surface area contributed by atoms with Gasteiger partial charge in [-0.25, -0.2) is 4.79 Å². The number of methoxy groups -OCH3 is 1. The Hall–Kier alpha value is -3.70. The molecule has 0 saturated heterocycles. The minimum Gasteiger partial charge on any atom is -0.493 e. The maximum atomic E-state index is 12.2. The van der Waals surface area contributed by atoms with Crippen LogP contribution < -0.4 is 15.1 Å². The van der Waals surface area contributed by atoms with Gasteiger partial charge in [-0.2, -0.15) is 0 Å². The monoisotopic (exact) mass is 432 g/mol. The number of ether oxygens (including phenoxy) is 2. The van der Waals surface area contributed by atoms with Crippen molar-refractivity contribution in [3.63, 3.8) is 0 Å². The predicted octanol–water partition coefficient (Wildman–Crippen LogP) is 6.45. The van der Waals surface area contributed by atoms with Crippen LogP contribution in [0.2, 0.25) is 5.02 Å². The Morgan fingerprint density at radius 2 is 1.77 bits per heavy atom. The van der Waals surface area contributed by atoms with E-state index in [1.54, 1.807) is 19.2 Å². The Bertz CT molecular complexity index is 1450. The standard InChI is InChI=1S/C25H17ClO5/c1-28-22-4-2-3-16-11-23(31-25(16)22)20-13-24(27)30-21-10-9-18(12-19(20)21)29-14-15-5-7-17(26)8-6-15/h2-13H,14H2,1H3. The van der Waals surface area contributed by atoms with Crippen LogP contribution in [0.1, 0.15) is 5.56 Å². The van der Waals surface area contributed by atoms with Gasteiger partial charge in [0.05, 0.1) is 7.11 Å². The van der Waals surface area contributed by atoms with E-state index in [1.807, 2.05) is 54.6 Å². The second kappa shape index (κ2) is 7.85. The number of furan rings is 1. The van der Waals surface area contributed by atoms with Gasteiger partial charge >= 0.3 is 5.63 Å². The van der Waals surface area contributed by atoms with Crippen LogP contribution in [0.5, 0.6) is 11.5 Å². The molecule has 5 nitrogen and oxygen atoms in total. The highest BCUT2D eigenvalue weighted by atomic mass is 35.5. The molecule has 0 aliphatic rings. The summed E-state index contributed by atoms with van der Waals surface area (Å²) in [5.74, 6) is 1.82. The zero-order valence-electron chi connectivity index (χ0n) is 16.6. The van der Waals surface area contributed by atoms with Crippen molar-refractivity contribution in [2.75, 3.05) is 7.11 Å². The van der Waals surface area contributed by atoms with Crippen molar-refractivity contribution in [3.05, 3.63) is 93.8 Å². The molecule has 0 unspecified atom stereocenters. The molecule has 31 heavy (non-hydrogen) atoms. The average molecular weight is 433 g/mol. The largest absolute Gasteiger partial charge is 0.493 e. The molecule has 0 atom stereocenters. The first-order valence-corrected chi connectivity index (χ1v) is 10.0. The summed E-state index contributed by atoms with van der Waals surface area (Å²) in [7, 11) is 1.59. The normalized spacial score (nSPS) is 11.2. The van der Waals surface area contributed by atoms with Crippen molar-refractivity contribution in [2.24, 2.45) is 0 Å². The van der Waals surface area contributed by atoms with Gasteiger partial charge in [-0.15, -0.1) is 0 Å². The van der Waals surface area contributed by atoms with Crippen LogP contribution in [-0.2, 0) is 6.61 Å². The van der Waals surface area contributed by atoms with E-state index in [1.165, 1.54) is 6.07 Å². The molecule has 2 heterocycles. The zero-order valence-corrected chi connectivity index (χ0v) is 17.3. The van der Waals surface area contributed by atoms with E-state index >= 15 is 0 Å². The first-order chi connectivity index (χ1) is 15.1. The Kier molecular flexibility index (Phi) is 4.88. The maximum absolute atomic E-state index is 12.2. The van der Waals surface area contributed by atoms with Crippen LogP contribution in [0.15, 0.2) is 86.4 Å². The lowest BCUT2D eigenvalue weighted by molar-refractivity contribution is 0.306. The maximum Gasteiger partial charge on any atom is 0.336 e. The van der Waals surface area contributed by atoms with Gasteiger partial charge in [0.15, 0.2) is 11.3 Å². The number of benzene rings is 3. The van der Waals surface area contributed by atoms with Crippen molar-refractivity contribution in [1.29, 1.82) is 0 Å². The first kappa shape index (κ1) is 19.3. The fourth-order valence-electron chi connectivity index (χ4n) is 3.51. The second-order valence-electron chi connectivity index (χ2n) is 7.04. The molecule has 5 aromatic rings. The molecule has 0 spiro atoms. The van der Waals surface area contributed by atoms with E-state index in [4.69, 9.17) is 29.9 Å². The summed E-state index contributed by atoms with van der Waals surface area (Å²) in [5, 5.41) is 2.27. The van der Waals surface area contributed by atoms with E-state index in [0.29, 0.717) is 51.0 Å². The summed E-state index contributed by atoms with van der Waals surface area (Å²) >= 11 is 5.94. The third-order valence-electron chi connectivity index (χ3n) is 5.03. The molecule has 0 N–H and O–H groups in total. The summed E-state index contributed by atoms with van der Waals surface area (Å²) < 4.78 is 22.8. The van der Waals surface area contributed by atoms with E-state index in [2.05, 4.69) is 0 Å². The summed E-state index contributed by atoms with van der Waals surface area (Å²) in [6.07, 6.45) is 0. The molecule has 154 valence electrons. The van der Waals surface area contributed by atoms with Crippen molar-refractivity contribution >= 4 is 33.5 Å². The minimum atomic E-state index is -0.454. The summed E-state index contributed by atoms with van der Waals surface area (Å²) in [6, 6.07) is 21.8. The zero-order chi connectivity index (χ0) is 21.4. The number of hydrogen-bond acceptors (Lipinski definition) is 5. The van der Waals surface area contributed by atoms with Crippen molar-refractivity contribution in [3.8, 4) is 22.8 Å². The number of fused-ring (bicyclic) bond motifs is 2. The van der Waals surface area contributed by atoms with Gasteiger partial charge in [0.1, 0.15) is 23.7 Å². The molecule has 0 fully saturated rings. The Morgan fingerprint density at radius 1 is 0.935 bits per heavy atom.